The number of halogens is 1. The van der Waals surface area contributed by atoms with Gasteiger partial charge in [0.1, 0.15) is 6.04 Å². The number of carbonyl (C=O) groups is 2. The molecule has 1 saturated carbocycles. The fourth-order valence-corrected chi connectivity index (χ4v) is 2.41. The molecular formula is C15H22ClN3O2. The Hall–Kier alpha value is -1.59. The molecule has 0 spiro atoms. The van der Waals surface area contributed by atoms with E-state index in [0.717, 1.165) is 12.8 Å². The van der Waals surface area contributed by atoms with Gasteiger partial charge in [0.15, 0.2) is 0 Å². The summed E-state index contributed by atoms with van der Waals surface area (Å²) >= 11 is 0. The number of benzene rings is 1. The van der Waals surface area contributed by atoms with Crippen molar-refractivity contribution < 1.29 is 9.59 Å². The lowest BCUT2D eigenvalue weighted by atomic mass is 9.97. The smallest absolute Gasteiger partial charge is 0.246 e. The van der Waals surface area contributed by atoms with E-state index in [9.17, 15) is 9.59 Å². The van der Waals surface area contributed by atoms with E-state index < -0.39 is 11.6 Å². The lowest BCUT2D eigenvalue weighted by Gasteiger charge is -2.24. The first kappa shape index (κ1) is 17.5. The third-order valence-electron chi connectivity index (χ3n) is 3.73. The van der Waals surface area contributed by atoms with Crippen LogP contribution in [0, 0.1) is 0 Å². The van der Waals surface area contributed by atoms with Crippen LogP contribution in [0.5, 0.6) is 0 Å². The zero-order valence-electron chi connectivity index (χ0n) is 12.1. The van der Waals surface area contributed by atoms with Crippen molar-refractivity contribution in [3.8, 4) is 0 Å². The minimum atomic E-state index is -0.804. The molecule has 5 nitrogen and oxygen atoms in total. The van der Waals surface area contributed by atoms with Crippen LogP contribution in [0.2, 0.25) is 0 Å². The largest absolute Gasteiger partial charge is 0.343 e. The fourth-order valence-electron chi connectivity index (χ4n) is 2.41. The number of anilines is 1. The van der Waals surface area contributed by atoms with Crippen molar-refractivity contribution >= 4 is 29.9 Å². The van der Waals surface area contributed by atoms with Gasteiger partial charge >= 0.3 is 0 Å². The minimum Gasteiger partial charge on any atom is -0.343 e. The van der Waals surface area contributed by atoms with E-state index in [0.29, 0.717) is 18.5 Å². The molecule has 0 bridgehead atoms. The van der Waals surface area contributed by atoms with Gasteiger partial charge in [0.05, 0.1) is 5.54 Å². The molecule has 1 fully saturated rings. The maximum absolute atomic E-state index is 12.1. The summed E-state index contributed by atoms with van der Waals surface area (Å²) in [5.41, 5.74) is 5.97. The van der Waals surface area contributed by atoms with Gasteiger partial charge in [0.25, 0.3) is 0 Å². The number of carbonyl (C=O) groups excluding carboxylic acids is 2. The molecule has 2 rings (SSSR count). The van der Waals surface area contributed by atoms with Gasteiger partial charge in [-0.2, -0.15) is 0 Å². The topological polar surface area (TPSA) is 84.2 Å². The predicted octanol–water partition coefficient (Wildman–Crippen LogP) is 1.82. The second-order valence-electron chi connectivity index (χ2n) is 5.41. The molecule has 0 radical (unpaired) electrons. The number of nitrogens with two attached hydrogens (primary N) is 1. The monoisotopic (exact) mass is 311 g/mol. The number of hydrogen-bond acceptors (Lipinski definition) is 3. The van der Waals surface area contributed by atoms with Crippen molar-refractivity contribution in [3.63, 3.8) is 0 Å². The quantitative estimate of drug-likeness (QED) is 0.793. The number of nitrogens with one attached hydrogen (secondary N) is 2. The zero-order valence-corrected chi connectivity index (χ0v) is 12.9. The molecule has 21 heavy (non-hydrogen) atoms. The highest BCUT2D eigenvalue weighted by Crippen LogP contribution is 2.27. The van der Waals surface area contributed by atoms with Gasteiger partial charge in [-0.3, -0.25) is 9.59 Å². The summed E-state index contributed by atoms with van der Waals surface area (Å²) in [4.78, 5) is 24.1. The van der Waals surface area contributed by atoms with E-state index in [2.05, 4.69) is 10.6 Å². The third kappa shape index (κ3) is 4.44. The average Bonchev–Trinajstić information content (AvgIpc) is 2.88. The number of hydrogen-bond donors (Lipinski definition) is 3. The Morgan fingerprint density at radius 3 is 2.33 bits per heavy atom. The maximum atomic E-state index is 12.1. The van der Waals surface area contributed by atoms with Gasteiger partial charge in [-0.15, -0.1) is 12.4 Å². The molecule has 0 saturated heterocycles. The molecule has 1 atom stereocenters. The van der Waals surface area contributed by atoms with Crippen molar-refractivity contribution in [2.45, 2.75) is 44.2 Å². The van der Waals surface area contributed by atoms with Crippen molar-refractivity contribution in [2.24, 2.45) is 5.73 Å². The van der Waals surface area contributed by atoms with E-state index in [4.69, 9.17) is 5.73 Å². The van der Waals surface area contributed by atoms with Gasteiger partial charge in [-0.05, 0) is 31.9 Å². The van der Waals surface area contributed by atoms with E-state index in [1.54, 1.807) is 19.1 Å². The summed E-state index contributed by atoms with van der Waals surface area (Å²) in [5, 5.41) is 5.46. The highest BCUT2D eigenvalue weighted by atomic mass is 35.5. The average molecular weight is 312 g/mol. The Balaban J connectivity index is 0.00000220. The van der Waals surface area contributed by atoms with Crippen LogP contribution >= 0.6 is 12.4 Å². The molecule has 0 aromatic heterocycles. The van der Waals surface area contributed by atoms with Crippen LogP contribution in [-0.4, -0.2) is 23.4 Å². The van der Waals surface area contributed by atoms with Crippen LogP contribution in [0.1, 0.15) is 32.6 Å². The Morgan fingerprint density at radius 2 is 1.76 bits per heavy atom. The molecule has 1 aromatic rings. The Labute approximate surface area is 131 Å². The molecule has 0 heterocycles. The first-order valence-corrected chi connectivity index (χ1v) is 6.97. The van der Waals surface area contributed by atoms with Crippen LogP contribution in [0.3, 0.4) is 0 Å². The highest BCUT2D eigenvalue weighted by molar-refractivity contribution is 5.98. The summed E-state index contributed by atoms with van der Waals surface area (Å²) < 4.78 is 0. The Morgan fingerprint density at radius 1 is 1.19 bits per heavy atom. The minimum absolute atomic E-state index is 0. The van der Waals surface area contributed by atoms with Gasteiger partial charge in [0, 0.05) is 5.69 Å². The normalized spacial score (nSPS) is 17.4. The van der Waals surface area contributed by atoms with Crippen LogP contribution < -0.4 is 16.4 Å². The SMILES string of the molecule is CC(NC(=O)C1(N)CCCC1)C(=O)Nc1ccccc1.Cl. The second-order valence-corrected chi connectivity index (χ2v) is 5.41. The molecule has 1 aromatic carbocycles. The molecule has 1 aliphatic rings. The maximum Gasteiger partial charge on any atom is 0.246 e. The van der Waals surface area contributed by atoms with E-state index >= 15 is 0 Å². The molecule has 1 unspecified atom stereocenters. The van der Waals surface area contributed by atoms with Crippen LogP contribution in [0.4, 0.5) is 5.69 Å². The van der Waals surface area contributed by atoms with Crippen molar-refractivity contribution in [2.75, 3.05) is 5.32 Å². The van der Waals surface area contributed by atoms with Crippen molar-refractivity contribution in [1.29, 1.82) is 0 Å². The van der Waals surface area contributed by atoms with Crippen LogP contribution in [0.25, 0.3) is 0 Å². The number of para-hydroxylation sites is 1. The lowest BCUT2D eigenvalue weighted by Crippen LogP contribution is -2.56. The van der Waals surface area contributed by atoms with E-state index in [1.807, 2.05) is 18.2 Å². The van der Waals surface area contributed by atoms with E-state index in [-0.39, 0.29) is 24.2 Å². The van der Waals surface area contributed by atoms with Crippen LogP contribution in [-0.2, 0) is 9.59 Å². The van der Waals surface area contributed by atoms with Gasteiger partial charge in [-0.25, -0.2) is 0 Å². The lowest BCUT2D eigenvalue weighted by molar-refractivity contribution is -0.129. The van der Waals surface area contributed by atoms with Crippen molar-refractivity contribution in [1.82, 2.24) is 5.32 Å². The Kier molecular flexibility index (Phi) is 6.18. The second kappa shape index (κ2) is 7.43. The van der Waals surface area contributed by atoms with Gasteiger partial charge in [0.2, 0.25) is 11.8 Å². The number of rotatable bonds is 4. The zero-order chi connectivity index (χ0) is 14.6. The third-order valence-corrected chi connectivity index (χ3v) is 3.73. The van der Waals surface area contributed by atoms with Crippen molar-refractivity contribution in [3.05, 3.63) is 30.3 Å². The first-order chi connectivity index (χ1) is 9.51. The fraction of sp³-hybridized carbons (Fsp3) is 0.467. The standard InChI is InChI=1S/C15H21N3O2.ClH/c1-11(13(19)18-12-7-3-2-4-8-12)17-14(20)15(16)9-5-6-10-15;/h2-4,7-8,11H,5-6,9-10,16H2,1H3,(H,17,20)(H,18,19);1H. The van der Waals surface area contributed by atoms with E-state index in [1.165, 1.54) is 0 Å². The summed E-state index contributed by atoms with van der Waals surface area (Å²) in [6, 6.07) is 8.54. The number of amides is 2. The summed E-state index contributed by atoms with van der Waals surface area (Å²) in [5.74, 6) is -0.475. The Bertz CT molecular complexity index is 487. The molecule has 6 heteroatoms. The first-order valence-electron chi connectivity index (χ1n) is 6.97. The molecular weight excluding hydrogens is 290 g/mol. The molecule has 0 aliphatic heterocycles. The summed E-state index contributed by atoms with van der Waals surface area (Å²) in [7, 11) is 0. The van der Waals surface area contributed by atoms with Crippen LogP contribution in [0.15, 0.2) is 30.3 Å². The molecule has 116 valence electrons. The predicted molar refractivity (Wildman–Crippen MR) is 85.3 cm³/mol. The van der Waals surface area contributed by atoms with Gasteiger partial charge in [-0.1, -0.05) is 31.0 Å². The molecule has 1 aliphatic carbocycles. The van der Waals surface area contributed by atoms with Gasteiger partial charge < -0.3 is 16.4 Å². The molecule has 4 N–H and O–H groups in total. The highest BCUT2D eigenvalue weighted by Gasteiger charge is 2.38. The summed E-state index contributed by atoms with van der Waals surface area (Å²) in [6.45, 7) is 1.66. The summed E-state index contributed by atoms with van der Waals surface area (Å²) in [6.07, 6.45) is 3.31. The molecule has 2 amide bonds.